The largest absolute Gasteiger partial charge is 0.481 e. The van der Waals surface area contributed by atoms with Gasteiger partial charge in [-0.15, -0.1) is 11.3 Å². The number of aromatic nitrogens is 1. The standard InChI is InChI=1S/C22H25NO6S2/c1-14-6-7-16(18(10-14)22(27)15-4-2-3-5-15)11-17(24)12-19-23-13-21(30-19)31(28,29)9-8-20(25)26/h6-7,10,13,15H,2-5,8-9,11-12H2,1H3,(H,25,26). The van der Waals surface area contributed by atoms with Gasteiger partial charge in [0.2, 0.25) is 0 Å². The highest BCUT2D eigenvalue weighted by atomic mass is 32.2. The molecule has 9 heteroatoms. The molecule has 0 radical (unpaired) electrons. The lowest BCUT2D eigenvalue weighted by Crippen LogP contribution is -2.16. The van der Waals surface area contributed by atoms with Crippen LogP contribution in [0.15, 0.2) is 28.6 Å². The van der Waals surface area contributed by atoms with Crippen LogP contribution in [0.25, 0.3) is 0 Å². The molecule has 1 aromatic carbocycles. The highest BCUT2D eigenvalue weighted by Crippen LogP contribution is 2.30. The minimum atomic E-state index is -3.74. The molecule has 0 spiro atoms. The summed E-state index contributed by atoms with van der Waals surface area (Å²) in [5.74, 6) is -1.73. The van der Waals surface area contributed by atoms with Crippen LogP contribution in [0.2, 0.25) is 0 Å². The number of carboxylic acid groups (broad SMARTS) is 1. The zero-order chi connectivity index (χ0) is 22.6. The number of carbonyl (C=O) groups is 3. The van der Waals surface area contributed by atoms with Crippen LogP contribution in [0, 0.1) is 12.8 Å². The van der Waals surface area contributed by atoms with Crippen LogP contribution in [0.4, 0.5) is 0 Å². The van der Waals surface area contributed by atoms with Gasteiger partial charge in [-0.1, -0.05) is 30.5 Å². The molecule has 1 aliphatic carbocycles. The van der Waals surface area contributed by atoms with Crippen LogP contribution in [-0.4, -0.2) is 41.8 Å². The zero-order valence-corrected chi connectivity index (χ0v) is 18.9. The molecule has 1 saturated carbocycles. The molecular weight excluding hydrogens is 438 g/mol. The molecule has 0 aliphatic heterocycles. The first kappa shape index (κ1) is 23.3. The smallest absolute Gasteiger partial charge is 0.304 e. The number of benzene rings is 1. The summed E-state index contributed by atoms with van der Waals surface area (Å²) in [7, 11) is -3.74. The van der Waals surface area contributed by atoms with Gasteiger partial charge in [-0.3, -0.25) is 14.4 Å². The normalized spacial score (nSPS) is 14.6. The van der Waals surface area contributed by atoms with E-state index in [1.165, 1.54) is 6.20 Å². The third-order valence-corrected chi connectivity index (χ3v) is 8.68. The molecule has 1 aliphatic rings. The molecule has 1 aromatic heterocycles. The fourth-order valence-electron chi connectivity index (χ4n) is 3.77. The number of carbonyl (C=O) groups excluding carboxylic acids is 2. The Bertz CT molecular complexity index is 1100. The van der Waals surface area contributed by atoms with Crippen LogP contribution in [-0.2, 0) is 32.3 Å². The number of hydrogen-bond donors (Lipinski definition) is 1. The molecule has 1 heterocycles. The maximum absolute atomic E-state index is 13.0. The summed E-state index contributed by atoms with van der Waals surface area (Å²) in [6, 6.07) is 5.55. The third-order valence-electron chi connectivity index (χ3n) is 5.42. The third kappa shape index (κ3) is 6.07. The second-order valence-corrected chi connectivity index (χ2v) is 11.4. The molecule has 0 amide bonds. The fraction of sp³-hybridized carbons (Fsp3) is 0.455. The van der Waals surface area contributed by atoms with E-state index in [0.717, 1.165) is 42.6 Å². The van der Waals surface area contributed by atoms with Crippen LogP contribution < -0.4 is 0 Å². The fourth-order valence-corrected chi connectivity index (χ4v) is 6.35. The second kappa shape index (κ2) is 9.82. The van der Waals surface area contributed by atoms with Crippen LogP contribution in [0.5, 0.6) is 0 Å². The molecule has 0 bridgehead atoms. The number of hydrogen-bond acceptors (Lipinski definition) is 7. The molecule has 1 fully saturated rings. The average molecular weight is 464 g/mol. The Balaban J connectivity index is 1.70. The van der Waals surface area contributed by atoms with Crippen molar-refractivity contribution in [3.63, 3.8) is 0 Å². The first-order valence-corrected chi connectivity index (χ1v) is 12.7. The molecule has 31 heavy (non-hydrogen) atoms. The van der Waals surface area contributed by atoms with Gasteiger partial charge in [0, 0.05) is 17.9 Å². The number of aryl methyl sites for hydroxylation is 1. The minimum Gasteiger partial charge on any atom is -0.481 e. The predicted molar refractivity (Wildman–Crippen MR) is 116 cm³/mol. The number of carboxylic acids is 1. The van der Waals surface area contributed by atoms with Gasteiger partial charge in [-0.2, -0.15) is 0 Å². The maximum atomic E-state index is 13.0. The van der Waals surface area contributed by atoms with Gasteiger partial charge < -0.3 is 5.11 Å². The van der Waals surface area contributed by atoms with Gasteiger partial charge in [-0.05, 0) is 31.4 Å². The lowest BCUT2D eigenvalue weighted by Gasteiger charge is -2.13. The summed E-state index contributed by atoms with van der Waals surface area (Å²) < 4.78 is 24.3. The minimum absolute atomic E-state index is 0.0215. The van der Waals surface area contributed by atoms with Crippen molar-refractivity contribution in [2.45, 2.75) is 56.1 Å². The van der Waals surface area contributed by atoms with E-state index < -0.39 is 28.0 Å². The van der Waals surface area contributed by atoms with Gasteiger partial charge in [0.1, 0.15) is 15.0 Å². The summed E-state index contributed by atoms with van der Waals surface area (Å²) in [5, 5.41) is 9.05. The Labute approximate surface area is 185 Å². The van der Waals surface area contributed by atoms with E-state index in [4.69, 9.17) is 5.11 Å². The van der Waals surface area contributed by atoms with Crippen LogP contribution in [0.1, 0.15) is 58.6 Å². The molecular formula is C22H25NO6S2. The van der Waals surface area contributed by atoms with E-state index in [1.54, 1.807) is 0 Å². The van der Waals surface area contributed by atoms with E-state index >= 15 is 0 Å². The Morgan fingerprint density at radius 1 is 1.16 bits per heavy atom. The zero-order valence-electron chi connectivity index (χ0n) is 17.3. The number of rotatable bonds is 10. The van der Waals surface area contributed by atoms with Crippen molar-refractivity contribution in [2.75, 3.05) is 5.75 Å². The van der Waals surface area contributed by atoms with Crippen LogP contribution in [0.3, 0.4) is 0 Å². The molecule has 0 atom stereocenters. The Morgan fingerprint density at radius 3 is 2.55 bits per heavy atom. The number of sulfone groups is 1. The Hall–Kier alpha value is -2.39. The molecule has 7 nitrogen and oxygen atoms in total. The van der Waals surface area contributed by atoms with Gasteiger partial charge in [0.15, 0.2) is 15.6 Å². The van der Waals surface area contributed by atoms with Gasteiger partial charge in [-0.25, -0.2) is 13.4 Å². The molecule has 3 rings (SSSR count). The van der Waals surface area contributed by atoms with Crippen molar-refractivity contribution in [1.29, 1.82) is 0 Å². The van der Waals surface area contributed by atoms with Gasteiger partial charge >= 0.3 is 5.97 Å². The van der Waals surface area contributed by atoms with Gasteiger partial charge in [0.25, 0.3) is 0 Å². The Kier molecular flexibility index (Phi) is 7.38. The summed E-state index contributed by atoms with van der Waals surface area (Å²) in [4.78, 5) is 40.3. The molecule has 2 aromatic rings. The van der Waals surface area contributed by atoms with Crippen molar-refractivity contribution in [3.05, 3.63) is 46.1 Å². The molecule has 166 valence electrons. The van der Waals surface area contributed by atoms with Crippen molar-refractivity contribution in [2.24, 2.45) is 5.92 Å². The molecule has 0 unspecified atom stereocenters. The van der Waals surface area contributed by atoms with Crippen molar-refractivity contribution in [3.8, 4) is 0 Å². The van der Waals surface area contributed by atoms with E-state index in [1.807, 2.05) is 25.1 Å². The van der Waals surface area contributed by atoms with Crippen LogP contribution >= 0.6 is 11.3 Å². The highest BCUT2D eigenvalue weighted by molar-refractivity contribution is 7.93. The summed E-state index contributed by atoms with van der Waals surface area (Å²) in [6.45, 7) is 1.92. The van der Waals surface area contributed by atoms with Gasteiger partial charge in [0.05, 0.1) is 24.8 Å². The monoisotopic (exact) mass is 463 g/mol. The number of thiazole rings is 1. The topological polar surface area (TPSA) is 118 Å². The molecule has 1 N–H and O–H groups in total. The summed E-state index contributed by atoms with van der Waals surface area (Å²) >= 11 is 0.884. The van der Waals surface area contributed by atoms with Crippen molar-refractivity contribution in [1.82, 2.24) is 4.98 Å². The number of nitrogens with zero attached hydrogens (tertiary/aromatic N) is 1. The second-order valence-electron chi connectivity index (χ2n) is 7.93. The Morgan fingerprint density at radius 2 is 1.87 bits per heavy atom. The van der Waals surface area contributed by atoms with Crippen molar-refractivity contribution >= 4 is 38.7 Å². The molecule has 0 saturated heterocycles. The lowest BCUT2D eigenvalue weighted by atomic mass is 9.90. The lowest BCUT2D eigenvalue weighted by molar-refractivity contribution is -0.136. The predicted octanol–water partition coefficient (Wildman–Crippen LogP) is 3.43. The van der Waals surface area contributed by atoms with E-state index in [0.29, 0.717) is 16.1 Å². The van der Waals surface area contributed by atoms with E-state index in [9.17, 15) is 22.8 Å². The SMILES string of the molecule is Cc1ccc(CC(=O)Cc2ncc(S(=O)(=O)CCC(=O)O)s2)c(C(=O)C2CCCC2)c1. The highest BCUT2D eigenvalue weighted by Gasteiger charge is 2.26. The first-order chi connectivity index (χ1) is 14.7. The first-order valence-electron chi connectivity index (χ1n) is 10.2. The average Bonchev–Trinajstić information content (AvgIpc) is 3.40. The van der Waals surface area contributed by atoms with E-state index in [-0.39, 0.29) is 34.5 Å². The maximum Gasteiger partial charge on any atom is 0.304 e. The quantitative estimate of drug-likeness (QED) is 0.536. The number of aliphatic carboxylic acids is 1. The summed E-state index contributed by atoms with van der Waals surface area (Å²) in [5.41, 5.74) is 2.27. The van der Waals surface area contributed by atoms with Crippen molar-refractivity contribution < 1.29 is 27.9 Å². The number of Topliss-reactive ketones (excluding diaryl/α,β-unsaturated/α-hetero) is 2. The number of ketones is 2. The summed E-state index contributed by atoms with van der Waals surface area (Å²) in [6.07, 6.45) is 4.61. The van der Waals surface area contributed by atoms with E-state index in [2.05, 4.69) is 4.98 Å².